The van der Waals surface area contributed by atoms with Crippen molar-refractivity contribution in [2.45, 2.75) is 32.4 Å². The maximum absolute atomic E-state index is 11.8. The minimum Gasteiger partial charge on any atom is -0.479 e. The summed E-state index contributed by atoms with van der Waals surface area (Å²) in [7, 11) is 0. The van der Waals surface area contributed by atoms with Crippen LogP contribution >= 0.6 is 0 Å². The lowest BCUT2D eigenvalue weighted by molar-refractivity contribution is -0.139. The van der Waals surface area contributed by atoms with Crippen LogP contribution < -0.4 is 5.32 Å². The first-order valence-corrected chi connectivity index (χ1v) is 6.56. The molecular weight excluding hydrogens is 272 g/mol. The molecule has 3 N–H and O–H groups in total. The molecule has 0 radical (unpaired) electrons. The predicted octanol–water partition coefficient (Wildman–Crippen LogP) is 2.82. The molecular formula is C15H18N2O4. The summed E-state index contributed by atoms with van der Waals surface area (Å²) in [6.07, 6.45) is 0.961. The average Bonchev–Trinajstić information content (AvgIpc) is 2.81. The fourth-order valence-corrected chi connectivity index (χ4v) is 2.06. The van der Waals surface area contributed by atoms with Gasteiger partial charge in [0.2, 0.25) is 0 Å². The molecule has 1 aromatic heterocycles. The number of hydrogen-bond acceptors (Lipinski definition) is 3. The van der Waals surface area contributed by atoms with Crippen LogP contribution in [-0.2, 0) is 9.53 Å². The summed E-state index contributed by atoms with van der Waals surface area (Å²) in [6.45, 7) is 5.15. The Bertz CT molecular complexity index is 670. The second-order valence-electron chi connectivity index (χ2n) is 5.70. The number of fused-ring (bicyclic) bond motifs is 1. The molecule has 1 heterocycles. The van der Waals surface area contributed by atoms with E-state index in [0.717, 1.165) is 10.9 Å². The summed E-state index contributed by atoms with van der Waals surface area (Å²) in [6, 6.07) is 5.86. The molecule has 6 nitrogen and oxygen atoms in total. The third-order valence-corrected chi connectivity index (χ3v) is 2.85. The van der Waals surface area contributed by atoms with Crippen LogP contribution in [0.1, 0.15) is 32.4 Å². The summed E-state index contributed by atoms with van der Waals surface area (Å²) < 4.78 is 5.11. The van der Waals surface area contributed by atoms with Gasteiger partial charge in [0.05, 0.1) is 0 Å². The smallest absolute Gasteiger partial charge is 0.408 e. The molecule has 0 bridgehead atoms. The molecule has 1 amide bonds. The fourth-order valence-electron chi connectivity index (χ4n) is 2.06. The van der Waals surface area contributed by atoms with Crippen LogP contribution in [0.25, 0.3) is 10.9 Å². The second-order valence-corrected chi connectivity index (χ2v) is 5.70. The summed E-state index contributed by atoms with van der Waals surface area (Å²) in [4.78, 5) is 26.3. The van der Waals surface area contributed by atoms with Crippen molar-refractivity contribution in [3.05, 3.63) is 36.0 Å². The summed E-state index contributed by atoms with van der Waals surface area (Å²) in [5.74, 6) is -1.14. The Morgan fingerprint density at radius 1 is 1.29 bits per heavy atom. The van der Waals surface area contributed by atoms with Gasteiger partial charge in [0.15, 0.2) is 6.04 Å². The van der Waals surface area contributed by atoms with Gasteiger partial charge < -0.3 is 20.1 Å². The van der Waals surface area contributed by atoms with Crippen LogP contribution in [0.3, 0.4) is 0 Å². The first-order valence-electron chi connectivity index (χ1n) is 6.56. The lowest BCUT2D eigenvalue weighted by Gasteiger charge is -2.22. The Labute approximate surface area is 122 Å². The number of nitrogens with one attached hydrogen (secondary N) is 2. The summed E-state index contributed by atoms with van der Waals surface area (Å²) in [5.41, 5.74) is 0.629. The van der Waals surface area contributed by atoms with E-state index in [1.54, 1.807) is 45.2 Å². The second kappa shape index (κ2) is 5.47. The number of carboxylic acids is 1. The maximum atomic E-state index is 11.8. The Balaban J connectivity index is 2.30. The first kappa shape index (κ1) is 14.9. The van der Waals surface area contributed by atoms with Gasteiger partial charge in [0, 0.05) is 17.1 Å². The van der Waals surface area contributed by atoms with Crippen LogP contribution in [0.15, 0.2) is 30.5 Å². The quantitative estimate of drug-likeness (QED) is 0.810. The van der Waals surface area contributed by atoms with Gasteiger partial charge in [-0.15, -0.1) is 0 Å². The Morgan fingerprint density at radius 2 is 2.00 bits per heavy atom. The molecule has 0 aliphatic rings. The molecule has 21 heavy (non-hydrogen) atoms. The van der Waals surface area contributed by atoms with Crippen LogP contribution in [0.2, 0.25) is 0 Å². The van der Waals surface area contributed by atoms with Crippen molar-refractivity contribution in [3.8, 4) is 0 Å². The van der Waals surface area contributed by atoms with Crippen LogP contribution in [0.5, 0.6) is 0 Å². The number of benzene rings is 1. The molecule has 0 aliphatic carbocycles. The van der Waals surface area contributed by atoms with Crippen molar-refractivity contribution in [3.63, 3.8) is 0 Å². The van der Waals surface area contributed by atoms with E-state index in [9.17, 15) is 14.7 Å². The van der Waals surface area contributed by atoms with E-state index in [1.807, 2.05) is 6.07 Å². The van der Waals surface area contributed by atoms with Gasteiger partial charge in [-0.25, -0.2) is 9.59 Å². The van der Waals surface area contributed by atoms with Crippen molar-refractivity contribution >= 4 is 23.0 Å². The van der Waals surface area contributed by atoms with Gasteiger partial charge in [-0.1, -0.05) is 12.1 Å². The van der Waals surface area contributed by atoms with E-state index < -0.39 is 23.7 Å². The van der Waals surface area contributed by atoms with Crippen molar-refractivity contribution < 1.29 is 19.4 Å². The highest BCUT2D eigenvalue weighted by Crippen LogP contribution is 2.24. The zero-order valence-corrected chi connectivity index (χ0v) is 12.1. The maximum Gasteiger partial charge on any atom is 0.408 e. The standard InChI is InChI=1S/C15H18N2O4/c1-15(2,3)21-14(20)17-12(13(18)19)10-5-4-6-11-9(10)7-8-16-11/h4-8,12,16H,1-3H3,(H,17,20)(H,18,19). The SMILES string of the molecule is CC(C)(C)OC(=O)NC(C(=O)O)c1cccc2[nH]ccc12. The number of carboxylic acid groups (broad SMARTS) is 1. The number of aromatic amines is 1. The minimum atomic E-state index is -1.17. The molecule has 1 unspecified atom stereocenters. The van der Waals surface area contributed by atoms with E-state index in [0.29, 0.717) is 5.56 Å². The van der Waals surface area contributed by atoms with Gasteiger partial charge in [-0.05, 0) is 38.5 Å². The highest BCUT2D eigenvalue weighted by atomic mass is 16.6. The van der Waals surface area contributed by atoms with E-state index in [4.69, 9.17) is 4.74 Å². The molecule has 0 fully saturated rings. The molecule has 112 valence electrons. The van der Waals surface area contributed by atoms with Crippen molar-refractivity contribution in [2.24, 2.45) is 0 Å². The third-order valence-electron chi connectivity index (χ3n) is 2.85. The van der Waals surface area contributed by atoms with Gasteiger partial charge in [-0.2, -0.15) is 0 Å². The average molecular weight is 290 g/mol. The molecule has 6 heteroatoms. The fraction of sp³-hybridized carbons (Fsp3) is 0.333. The van der Waals surface area contributed by atoms with Crippen molar-refractivity contribution in [1.29, 1.82) is 0 Å². The number of carbonyl (C=O) groups is 2. The van der Waals surface area contributed by atoms with Crippen molar-refractivity contribution in [1.82, 2.24) is 10.3 Å². The molecule has 2 rings (SSSR count). The number of hydrogen-bond donors (Lipinski definition) is 3. The largest absolute Gasteiger partial charge is 0.479 e. The normalized spacial score (nSPS) is 12.9. The van der Waals surface area contributed by atoms with Crippen molar-refractivity contribution in [2.75, 3.05) is 0 Å². The lowest BCUT2D eigenvalue weighted by atomic mass is 10.0. The zero-order chi connectivity index (χ0) is 15.6. The summed E-state index contributed by atoms with van der Waals surface area (Å²) in [5, 5.41) is 12.5. The number of aromatic nitrogens is 1. The number of H-pyrrole nitrogens is 1. The van der Waals surface area contributed by atoms with Gasteiger partial charge in [-0.3, -0.25) is 0 Å². The molecule has 1 aromatic carbocycles. The number of carbonyl (C=O) groups excluding carboxylic acids is 1. The predicted molar refractivity (Wildman–Crippen MR) is 78.0 cm³/mol. The third kappa shape index (κ3) is 3.53. The van der Waals surface area contributed by atoms with E-state index >= 15 is 0 Å². The number of amides is 1. The van der Waals surface area contributed by atoms with Crippen LogP contribution in [0, 0.1) is 0 Å². The summed E-state index contributed by atoms with van der Waals surface area (Å²) >= 11 is 0. The van der Waals surface area contributed by atoms with E-state index in [2.05, 4.69) is 10.3 Å². The minimum absolute atomic E-state index is 0.507. The molecule has 2 aromatic rings. The molecule has 0 spiro atoms. The Kier molecular flexibility index (Phi) is 3.88. The number of rotatable bonds is 3. The monoisotopic (exact) mass is 290 g/mol. The van der Waals surface area contributed by atoms with E-state index in [-0.39, 0.29) is 0 Å². The Hall–Kier alpha value is -2.50. The van der Waals surface area contributed by atoms with Gasteiger partial charge in [0.25, 0.3) is 0 Å². The topological polar surface area (TPSA) is 91.4 Å². The van der Waals surface area contributed by atoms with Gasteiger partial charge in [0.1, 0.15) is 5.60 Å². The number of aliphatic carboxylic acids is 1. The van der Waals surface area contributed by atoms with E-state index in [1.165, 1.54) is 0 Å². The number of ether oxygens (including phenoxy) is 1. The first-order chi connectivity index (χ1) is 9.78. The molecule has 0 saturated heterocycles. The zero-order valence-electron chi connectivity index (χ0n) is 12.1. The number of alkyl carbamates (subject to hydrolysis) is 1. The lowest BCUT2D eigenvalue weighted by Crippen LogP contribution is -2.38. The van der Waals surface area contributed by atoms with Gasteiger partial charge >= 0.3 is 12.1 Å². The van der Waals surface area contributed by atoms with Crippen LogP contribution in [-0.4, -0.2) is 27.8 Å². The molecule has 1 atom stereocenters. The van der Waals surface area contributed by atoms with Crippen LogP contribution in [0.4, 0.5) is 4.79 Å². The highest BCUT2D eigenvalue weighted by Gasteiger charge is 2.26. The molecule has 0 aliphatic heterocycles. The Morgan fingerprint density at radius 3 is 2.62 bits per heavy atom. The molecule has 0 saturated carbocycles. The highest BCUT2D eigenvalue weighted by molar-refractivity contribution is 5.90.